The lowest BCUT2D eigenvalue weighted by molar-refractivity contribution is -0.132. The molecule has 0 saturated heterocycles. The summed E-state index contributed by atoms with van der Waals surface area (Å²) in [6, 6.07) is 0. The minimum Gasteiger partial charge on any atom is -0.478 e. The fraction of sp³-hybridized carbons (Fsp3) is 0.550. The Morgan fingerprint density at radius 2 is 2.00 bits per heavy atom. The summed E-state index contributed by atoms with van der Waals surface area (Å²) in [5, 5.41) is 12.1. The summed E-state index contributed by atoms with van der Waals surface area (Å²) in [4.78, 5) is 36.7. The molecule has 27 heavy (non-hydrogen) atoms. The highest BCUT2D eigenvalue weighted by atomic mass is 32.1. The van der Waals surface area contributed by atoms with E-state index in [1.807, 2.05) is 0 Å². The monoisotopic (exact) mass is 393 g/mol. The molecule has 1 amide bonds. The van der Waals surface area contributed by atoms with Gasteiger partial charge < -0.3 is 15.2 Å². The third-order valence-electron chi connectivity index (χ3n) is 4.89. The van der Waals surface area contributed by atoms with Crippen molar-refractivity contribution in [1.29, 1.82) is 0 Å². The van der Waals surface area contributed by atoms with Crippen LogP contribution in [0, 0.1) is 11.3 Å². The Morgan fingerprint density at radius 3 is 2.56 bits per heavy atom. The number of rotatable bonds is 5. The minimum absolute atomic E-state index is 0.0701. The number of nitrogens with one attached hydrogen (secondary N) is 1. The maximum absolute atomic E-state index is 12.5. The van der Waals surface area contributed by atoms with Gasteiger partial charge in [-0.25, -0.2) is 9.59 Å². The fourth-order valence-electron chi connectivity index (χ4n) is 3.24. The van der Waals surface area contributed by atoms with Crippen molar-refractivity contribution in [2.24, 2.45) is 11.3 Å². The molecule has 0 aliphatic heterocycles. The molecule has 1 unspecified atom stereocenters. The molecule has 0 fully saturated rings. The van der Waals surface area contributed by atoms with Crippen LogP contribution in [0.5, 0.6) is 0 Å². The van der Waals surface area contributed by atoms with E-state index in [-0.39, 0.29) is 17.6 Å². The van der Waals surface area contributed by atoms with Crippen molar-refractivity contribution in [1.82, 2.24) is 0 Å². The van der Waals surface area contributed by atoms with E-state index >= 15 is 0 Å². The van der Waals surface area contributed by atoms with E-state index in [0.717, 1.165) is 35.8 Å². The first-order valence-corrected chi connectivity index (χ1v) is 9.90. The molecule has 2 N–H and O–H groups in total. The zero-order chi connectivity index (χ0) is 20.4. The molecule has 148 valence electrons. The fourth-order valence-corrected chi connectivity index (χ4v) is 4.56. The quantitative estimate of drug-likeness (QED) is 0.582. The van der Waals surface area contributed by atoms with Crippen molar-refractivity contribution < 1.29 is 24.2 Å². The molecule has 1 aliphatic carbocycles. The summed E-state index contributed by atoms with van der Waals surface area (Å²) in [5.41, 5.74) is 1.46. The molecule has 0 spiro atoms. The van der Waals surface area contributed by atoms with Gasteiger partial charge in [-0.3, -0.25) is 4.79 Å². The lowest BCUT2D eigenvalue weighted by Gasteiger charge is -2.33. The number of amides is 1. The number of aliphatic carboxylic acids is 1. The van der Waals surface area contributed by atoms with Gasteiger partial charge in [0, 0.05) is 16.5 Å². The van der Waals surface area contributed by atoms with E-state index in [1.54, 1.807) is 6.92 Å². The molecular formula is C20H27NO5S. The molecular weight excluding hydrogens is 366 g/mol. The number of hydrogen-bond donors (Lipinski definition) is 2. The summed E-state index contributed by atoms with van der Waals surface area (Å²) in [5.74, 6) is -1.67. The van der Waals surface area contributed by atoms with E-state index in [2.05, 4.69) is 26.1 Å². The second kappa shape index (κ2) is 8.25. The van der Waals surface area contributed by atoms with Gasteiger partial charge in [-0.2, -0.15) is 0 Å². The number of fused-ring (bicyclic) bond motifs is 1. The number of esters is 1. The van der Waals surface area contributed by atoms with Crippen LogP contribution in [0.1, 0.15) is 61.8 Å². The average molecular weight is 394 g/mol. The standard InChI is InChI=1S/C20H27NO5S/c1-6-26-19(25)16-13-8-7-12(20(3,4)5)10-14(13)27-17(16)21-15(22)9-11(2)18(23)24/h9,12H,6-8,10H2,1-5H3,(H,21,22)(H,23,24). The third kappa shape index (κ3) is 4.97. The van der Waals surface area contributed by atoms with Crippen LogP contribution in [0.25, 0.3) is 0 Å². The van der Waals surface area contributed by atoms with Gasteiger partial charge in [-0.1, -0.05) is 20.8 Å². The van der Waals surface area contributed by atoms with Crippen molar-refractivity contribution >= 4 is 34.2 Å². The van der Waals surface area contributed by atoms with Gasteiger partial charge >= 0.3 is 11.9 Å². The normalized spacial score (nSPS) is 17.2. The molecule has 0 aromatic carbocycles. The van der Waals surface area contributed by atoms with E-state index < -0.39 is 17.8 Å². The Hall–Kier alpha value is -2.15. The molecule has 0 bridgehead atoms. The van der Waals surface area contributed by atoms with Crippen LogP contribution in [0.2, 0.25) is 0 Å². The molecule has 0 radical (unpaired) electrons. The van der Waals surface area contributed by atoms with Crippen molar-refractivity contribution in [3.05, 3.63) is 27.7 Å². The van der Waals surface area contributed by atoms with Gasteiger partial charge in [-0.05, 0) is 50.0 Å². The first-order chi connectivity index (χ1) is 12.5. The number of carboxylic acids is 1. The van der Waals surface area contributed by atoms with Crippen LogP contribution in [0.4, 0.5) is 5.00 Å². The maximum Gasteiger partial charge on any atom is 0.341 e. The van der Waals surface area contributed by atoms with Crippen LogP contribution in [-0.4, -0.2) is 29.6 Å². The van der Waals surface area contributed by atoms with Crippen molar-refractivity contribution in [2.75, 3.05) is 11.9 Å². The van der Waals surface area contributed by atoms with Crippen LogP contribution in [0.3, 0.4) is 0 Å². The zero-order valence-electron chi connectivity index (χ0n) is 16.5. The summed E-state index contributed by atoms with van der Waals surface area (Å²) >= 11 is 1.39. The Balaban J connectivity index is 2.38. The van der Waals surface area contributed by atoms with Crippen molar-refractivity contribution in [2.45, 2.75) is 53.9 Å². The smallest absolute Gasteiger partial charge is 0.341 e. The molecule has 6 nitrogen and oxygen atoms in total. The first kappa shape index (κ1) is 21.2. The molecule has 2 rings (SSSR count). The van der Waals surface area contributed by atoms with E-state index in [0.29, 0.717) is 16.5 Å². The van der Waals surface area contributed by atoms with E-state index in [9.17, 15) is 14.4 Å². The topological polar surface area (TPSA) is 92.7 Å². The third-order valence-corrected chi connectivity index (χ3v) is 6.06. The molecule has 1 aliphatic rings. The molecule has 1 aromatic rings. The molecule has 1 atom stereocenters. The van der Waals surface area contributed by atoms with Gasteiger partial charge in [0.2, 0.25) is 5.91 Å². The van der Waals surface area contributed by atoms with Crippen LogP contribution in [-0.2, 0) is 27.2 Å². The highest BCUT2D eigenvalue weighted by molar-refractivity contribution is 7.17. The van der Waals surface area contributed by atoms with E-state index in [4.69, 9.17) is 9.84 Å². The van der Waals surface area contributed by atoms with Crippen LogP contribution in [0.15, 0.2) is 11.6 Å². The molecule has 0 saturated carbocycles. The van der Waals surface area contributed by atoms with Crippen LogP contribution >= 0.6 is 11.3 Å². The van der Waals surface area contributed by atoms with Crippen molar-refractivity contribution in [3.63, 3.8) is 0 Å². The lowest BCUT2D eigenvalue weighted by atomic mass is 9.72. The Morgan fingerprint density at radius 1 is 1.33 bits per heavy atom. The number of carbonyl (C=O) groups excluding carboxylic acids is 2. The number of thiophene rings is 1. The Kier molecular flexibility index (Phi) is 6.46. The van der Waals surface area contributed by atoms with E-state index in [1.165, 1.54) is 18.3 Å². The largest absolute Gasteiger partial charge is 0.478 e. The highest BCUT2D eigenvalue weighted by Crippen LogP contribution is 2.44. The molecule has 7 heteroatoms. The second-order valence-corrected chi connectivity index (χ2v) is 8.96. The number of ether oxygens (including phenoxy) is 1. The van der Waals surface area contributed by atoms with Gasteiger partial charge in [0.15, 0.2) is 0 Å². The second-order valence-electron chi connectivity index (χ2n) is 7.86. The minimum atomic E-state index is -1.16. The number of carbonyl (C=O) groups is 3. The average Bonchev–Trinajstić information content (AvgIpc) is 2.90. The Bertz CT molecular complexity index is 785. The Labute approximate surface area is 163 Å². The highest BCUT2D eigenvalue weighted by Gasteiger charge is 2.34. The number of anilines is 1. The predicted octanol–water partition coefficient (Wildman–Crippen LogP) is 4.05. The van der Waals surface area contributed by atoms with Crippen LogP contribution < -0.4 is 5.32 Å². The number of carboxylic acid groups (broad SMARTS) is 1. The number of hydrogen-bond acceptors (Lipinski definition) is 5. The zero-order valence-corrected chi connectivity index (χ0v) is 17.3. The van der Waals surface area contributed by atoms with Crippen molar-refractivity contribution in [3.8, 4) is 0 Å². The molecule has 1 aromatic heterocycles. The van der Waals surface area contributed by atoms with Gasteiger partial charge in [0.1, 0.15) is 5.00 Å². The summed E-state index contributed by atoms with van der Waals surface area (Å²) in [6.45, 7) is 9.98. The van der Waals surface area contributed by atoms with Gasteiger partial charge in [0.25, 0.3) is 0 Å². The SMILES string of the molecule is CCOC(=O)c1c(NC(=O)C=C(C)C(=O)O)sc2c1CCC(C(C)(C)C)C2. The predicted molar refractivity (Wildman–Crippen MR) is 105 cm³/mol. The summed E-state index contributed by atoms with van der Waals surface area (Å²) in [7, 11) is 0. The summed E-state index contributed by atoms with van der Waals surface area (Å²) < 4.78 is 5.19. The van der Waals surface area contributed by atoms with Gasteiger partial charge in [0.05, 0.1) is 12.2 Å². The maximum atomic E-state index is 12.5. The molecule has 1 heterocycles. The summed E-state index contributed by atoms with van der Waals surface area (Å²) in [6.07, 6.45) is 3.62. The first-order valence-electron chi connectivity index (χ1n) is 9.08. The van der Waals surface area contributed by atoms with Gasteiger partial charge in [-0.15, -0.1) is 11.3 Å². The lowest BCUT2D eigenvalue weighted by Crippen LogP contribution is -2.26.